The topological polar surface area (TPSA) is 25.8 Å². The van der Waals surface area contributed by atoms with Crippen LogP contribution in [0.15, 0.2) is 116 Å². The van der Waals surface area contributed by atoms with Crippen molar-refractivity contribution < 1.29 is 27.2 Å². The van der Waals surface area contributed by atoms with Crippen LogP contribution in [0.3, 0.4) is 0 Å². The van der Waals surface area contributed by atoms with Gasteiger partial charge in [-0.15, -0.1) is 59.7 Å². The molecule has 0 fully saturated rings. The Hall–Kier alpha value is -4.06. The molecule has 253 valence electrons. The third kappa shape index (κ3) is 7.50. The number of benzene rings is 5. The van der Waals surface area contributed by atoms with Gasteiger partial charge in [-0.05, 0) is 77.7 Å². The number of hydrogen-bond acceptors (Lipinski definition) is 3. The number of rotatable bonds is 4. The Morgan fingerprint density at radius 1 is 0.720 bits per heavy atom. The van der Waals surface area contributed by atoms with E-state index in [1.807, 2.05) is 36.5 Å². The number of hydrogen-bond donors (Lipinski definition) is 0. The summed E-state index contributed by atoms with van der Waals surface area (Å²) in [5, 5.41) is 8.46. The zero-order valence-corrected chi connectivity index (χ0v) is 33.2. The molecule has 0 aliphatic carbocycles. The van der Waals surface area contributed by atoms with E-state index in [4.69, 9.17) is 2.74 Å². The van der Waals surface area contributed by atoms with Crippen LogP contribution in [0.2, 0.25) is 19.6 Å². The van der Waals surface area contributed by atoms with Gasteiger partial charge in [0.1, 0.15) is 5.82 Å². The molecule has 5 aromatic carbocycles. The minimum atomic E-state index is -1.86. The van der Waals surface area contributed by atoms with E-state index in [2.05, 4.69) is 108 Å². The van der Waals surface area contributed by atoms with Crippen molar-refractivity contribution in [1.29, 1.82) is 0 Å². The quantitative estimate of drug-likeness (QED) is 0.100. The second-order valence-corrected chi connectivity index (χ2v) is 20.5. The summed E-state index contributed by atoms with van der Waals surface area (Å²) in [5.74, 6) is -0.630. The van der Waals surface area contributed by atoms with Crippen LogP contribution >= 0.6 is 11.3 Å². The van der Waals surface area contributed by atoms with Crippen molar-refractivity contribution in [2.45, 2.75) is 46.8 Å². The molecule has 3 heterocycles. The molecule has 0 aliphatic rings. The molecule has 50 heavy (non-hydrogen) atoms. The van der Waals surface area contributed by atoms with Crippen molar-refractivity contribution in [3.05, 3.63) is 139 Å². The molecule has 1 radical (unpaired) electrons. The van der Waals surface area contributed by atoms with Gasteiger partial charge in [-0.3, -0.25) is 0 Å². The number of halogens is 1. The minimum Gasteiger partial charge on any atom is -0.305 e. The van der Waals surface area contributed by atoms with Gasteiger partial charge in [0, 0.05) is 33.7 Å². The summed E-state index contributed by atoms with van der Waals surface area (Å²) in [4.78, 5) is 8.88. The van der Waals surface area contributed by atoms with Crippen LogP contribution in [0.4, 0.5) is 4.39 Å². The Morgan fingerprint density at radius 2 is 1.44 bits per heavy atom. The molecule has 3 aromatic heterocycles. The Labute approximate surface area is 315 Å². The molecule has 0 saturated heterocycles. The van der Waals surface area contributed by atoms with Crippen molar-refractivity contribution in [2.24, 2.45) is 5.41 Å². The van der Waals surface area contributed by atoms with Crippen LogP contribution < -0.4 is 5.19 Å². The van der Waals surface area contributed by atoms with Gasteiger partial charge in [-0.25, -0.2) is 4.39 Å². The van der Waals surface area contributed by atoms with E-state index >= 15 is 0 Å². The number of fused-ring (bicyclic) bond motifs is 6. The predicted octanol–water partition coefficient (Wildman–Crippen LogP) is 12.0. The third-order valence-corrected chi connectivity index (χ3v) is 11.8. The van der Waals surface area contributed by atoms with E-state index in [1.54, 1.807) is 38.2 Å². The van der Waals surface area contributed by atoms with E-state index in [1.165, 1.54) is 31.4 Å². The largest absolute Gasteiger partial charge is 0.305 e. The fourth-order valence-electron chi connectivity index (χ4n) is 6.03. The van der Waals surface area contributed by atoms with Gasteiger partial charge < -0.3 is 9.97 Å². The first-order valence-corrected chi connectivity index (χ1v) is 20.8. The van der Waals surface area contributed by atoms with Gasteiger partial charge in [0.25, 0.3) is 0 Å². The molecular formula is C44H39FIrN2SSi-2. The number of thiophene rings is 1. The van der Waals surface area contributed by atoms with Crippen molar-refractivity contribution in [3.63, 3.8) is 0 Å². The average molecular weight is 869 g/mol. The molecule has 2 nitrogen and oxygen atoms in total. The van der Waals surface area contributed by atoms with Crippen LogP contribution in [-0.4, -0.2) is 18.0 Å². The van der Waals surface area contributed by atoms with Crippen molar-refractivity contribution >= 4 is 66.3 Å². The first-order valence-electron chi connectivity index (χ1n) is 17.5. The molecule has 0 saturated carbocycles. The van der Waals surface area contributed by atoms with Crippen LogP contribution in [0, 0.1) is 23.4 Å². The Morgan fingerprint density at radius 3 is 2.12 bits per heavy atom. The molecule has 0 unspecified atom stereocenters. The smallest absolute Gasteiger partial charge is 0.142 e. The number of aromatic nitrogens is 2. The summed E-state index contributed by atoms with van der Waals surface area (Å²) in [7, 11) is -1.23. The summed E-state index contributed by atoms with van der Waals surface area (Å²) in [5.41, 5.74) is 2.61. The van der Waals surface area contributed by atoms with Crippen LogP contribution in [0.5, 0.6) is 0 Å². The minimum absolute atomic E-state index is 0. The third-order valence-electron chi connectivity index (χ3n) is 8.52. The van der Waals surface area contributed by atoms with E-state index < -0.39 is 25.7 Å². The molecule has 0 spiro atoms. The molecule has 6 heteroatoms. The summed E-state index contributed by atoms with van der Waals surface area (Å²) < 4.78 is 34.2. The Balaban J connectivity index is 0.000000230. The van der Waals surface area contributed by atoms with Crippen LogP contribution in [0.1, 0.15) is 29.1 Å². The van der Waals surface area contributed by atoms with Crippen LogP contribution in [-0.2, 0) is 26.5 Å². The zero-order valence-electron chi connectivity index (χ0n) is 31.0. The predicted molar refractivity (Wildman–Crippen MR) is 211 cm³/mol. The summed E-state index contributed by atoms with van der Waals surface area (Å²) >= 11 is 1.69. The van der Waals surface area contributed by atoms with Crippen molar-refractivity contribution in [2.75, 3.05) is 0 Å². The van der Waals surface area contributed by atoms with E-state index in [-0.39, 0.29) is 25.7 Å². The number of pyridine rings is 2. The van der Waals surface area contributed by atoms with E-state index in [0.717, 1.165) is 38.5 Å². The molecule has 0 bridgehead atoms. The second-order valence-electron chi connectivity index (χ2n) is 14.4. The summed E-state index contributed by atoms with van der Waals surface area (Å²) in [6, 6.07) is 41.4. The Kier molecular flexibility index (Phi) is 9.45. The molecule has 8 rings (SSSR count). The average Bonchev–Trinajstić information content (AvgIpc) is 3.50. The first-order chi connectivity index (χ1) is 24.2. The maximum Gasteiger partial charge on any atom is 0.142 e. The monoisotopic (exact) mass is 869 g/mol. The van der Waals surface area contributed by atoms with Gasteiger partial charge >= 0.3 is 0 Å². The van der Waals surface area contributed by atoms with Crippen LogP contribution in [0.25, 0.3) is 64.2 Å². The summed E-state index contributed by atoms with van der Waals surface area (Å²) in [6.07, 6.45) is 1.29. The van der Waals surface area contributed by atoms with Gasteiger partial charge in [0.2, 0.25) is 0 Å². The van der Waals surface area contributed by atoms with Gasteiger partial charge in [-0.2, -0.15) is 11.3 Å². The Bertz CT molecular complexity index is 2540. The van der Waals surface area contributed by atoms with Gasteiger partial charge in [0.05, 0.1) is 14.3 Å². The van der Waals surface area contributed by atoms with E-state index in [9.17, 15) is 4.39 Å². The molecular weight excluding hydrogens is 828 g/mol. The second kappa shape index (κ2) is 14.3. The van der Waals surface area contributed by atoms with Gasteiger partial charge in [-0.1, -0.05) is 100 Å². The SMILES string of the molecule is C[Si](C)(C)c1ccc(-c2[c-]cccc2)nc1.[2H]C([2H])(c1cc(-c2[c-]ccc3c2sc2c4cc5ccccc5cc4ccc32)ncc1F)C(C)(C)C.[Ir]. The maximum atomic E-state index is 14.8. The molecule has 0 N–H and O–H groups in total. The fourth-order valence-corrected chi connectivity index (χ4v) is 8.40. The van der Waals surface area contributed by atoms with Crippen molar-refractivity contribution in [3.8, 4) is 22.5 Å². The zero-order chi connectivity index (χ0) is 36.1. The summed E-state index contributed by atoms with van der Waals surface area (Å²) in [6.45, 7) is 12.3. The molecule has 0 aliphatic heterocycles. The maximum absolute atomic E-state index is 14.8. The normalized spacial score (nSPS) is 12.7. The van der Waals surface area contributed by atoms with Crippen molar-refractivity contribution in [1.82, 2.24) is 9.97 Å². The van der Waals surface area contributed by atoms with Gasteiger partial charge in [0.15, 0.2) is 0 Å². The number of nitrogens with zero attached hydrogens (tertiary/aromatic N) is 2. The molecule has 8 aromatic rings. The molecule has 0 atom stereocenters. The standard InChI is InChI=1S/C30H23FNS.C14H16NSi.Ir/c1-30(2,3)16-21-15-27(32-17-26(21)31)24-10-6-9-22-23-12-11-20-13-18-7-4-5-8-19(18)14-25(20)29(23)33-28(22)24;1-16(2,3)13-9-10-14(15-11-13)12-7-5-4-6-8-12;/h4-9,11-15,17H,16H2,1-3H3;4-7,9-11H,1-3H3;/q2*-1;/i16D2;;. The van der Waals surface area contributed by atoms with E-state index in [0.29, 0.717) is 5.69 Å². The molecule has 0 amide bonds. The fraction of sp³-hybridized carbons (Fsp3) is 0.182. The first kappa shape index (κ1) is 33.1.